The Labute approximate surface area is 184 Å². The molecule has 0 spiro atoms. The van der Waals surface area contributed by atoms with E-state index in [1.54, 1.807) is 0 Å². The molecule has 0 aliphatic heterocycles. The van der Waals surface area contributed by atoms with E-state index in [0.717, 1.165) is 0 Å². The van der Waals surface area contributed by atoms with Gasteiger partial charge in [-0.3, -0.25) is 19.4 Å². The first-order chi connectivity index (χ1) is 7.02. The molecule has 12 heteroatoms. The zero-order valence-electron chi connectivity index (χ0n) is 10.4. The van der Waals surface area contributed by atoms with E-state index in [1.807, 2.05) is 0 Å². The largest absolute Gasteiger partial charge is 0.329 e. The van der Waals surface area contributed by atoms with E-state index < -0.39 is 22.0 Å². The van der Waals surface area contributed by atoms with Crippen molar-refractivity contribution in [1.82, 2.24) is 10.9 Å². The van der Waals surface area contributed by atoms with Crippen LogP contribution in [0.5, 0.6) is 0 Å². The molecular formula is C6H16N2O5P2Y3. The monoisotopic (exact) mass is 525 g/mol. The molecule has 0 bridgehead atoms. The standard InChI is InChI=1S/C6H16N2O5P2.3Y/c1-14(10)12-4-3-7-8-6(9)5-13-15(2)11;;;/h7,14-15H,3-5H2,1-2H3,(H,8,9);;;. The summed E-state index contributed by atoms with van der Waals surface area (Å²) in [5.74, 6) is -0.417. The van der Waals surface area contributed by atoms with Crippen LogP contribution in [0.4, 0.5) is 0 Å². The quantitative estimate of drug-likeness (QED) is 0.260. The van der Waals surface area contributed by atoms with Crippen molar-refractivity contribution in [2.75, 3.05) is 33.1 Å². The van der Waals surface area contributed by atoms with Crippen LogP contribution in [0.15, 0.2) is 0 Å². The molecule has 2 N–H and O–H groups in total. The van der Waals surface area contributed by atoms with Gasteiger partial charge in [-0.1, -0.05) is 0 Å². The van der Waals surface area contributed by atoms with Crippen LogP contribution in [0.1, 0.15) is 0 Å². The Morgan fingerprint density at radius 2 is 1.56 bits per heavy atom. The van der Waals surface area contributed by atoms with E-state index >= 15 is 0 Å². The first-order valence-electron chi connectivity index (χ1n) is 4.31. The zero-order chi connectivity index (χ0) is 11.7. The summed E-state index contributed by atoms with van der Waals surface area (Å²) < 4.78 is 30.4. The first-order valence-corrected chi connectivity index (χ1v) is 7.94. The molecular weight excluding hydrogens is 509 g/mol. The van der Waals surface area contributed by atoms with Crippen LogP contribution in [0.25, 0.3) is 0 Å². The van der Waals surface area contributed by atoms with E-state index in [2.05, 4.69) is 15.4 Å². The predicted molar refractivity (Wildman–Crippen MR) is 57.9 cm³/mol. The maximum atomic E-state index is 10.9. The number of carbonyl (C=O) groups is 1. The normalized spacial score (nSPS) is 12.1. The Hall–Kier alpha value is 3.12. The van der Waals surface area contributed by atoms with Crippen molar-refractivity contribution < 1.29 is 121 Å². The molecule has 0 aromatic carbocycles. The third kappa shape index (κ3) is 24.2. The maximum absolute atomic E-state index is 10.9. The van der Waals surface area contributed by atoms with E-state index in [4.69, 9.17) is 4.52 Å². The summed E-state index contributed by atoms with van der Waals surface area (Å²) in [4.78, 5) is 10.9. The molecule has 1 amide bonds. The van der Waals surface area contributed by atoms with Gasteiger partial charge in [-0.25, -0.2) is 5.43 Å². The number of hydrogen-bond donors (Lipinski definition) is 2. The molecule has 0 aromatic heterocycles. The Balaban J connectivity index is -0.000000327. The SMILES string of the molecule is C[PH](=O)OCCNNC(=O)CO[PH](C)=O.[Y].[Y].[Y]. The number of hydrogen-bond acceptors (Lipinski definition) is 6. The molecule has 0 aliphatic rings. The molecule has 7 nitrogen and oxygen atoms in total. The molecule has 2 atom stereocenters. The van der Waals surface area contributed by atoms with Crippen molar-refractivity contribution in [3.8, 4) is 0 Å². The van der Waals surface area contributed by atoms with Crippen molar-refractivity contribution in [2.45, 2.75) is 0 Å². The van der Waals surface area contributed by atoms with Crippen LogP contribution < -0.4 is 10.9 Å². The van der Waals surface area contributed by atoms with Crippen LogP contribution >= 0.6 is 16.1 Å². The van der Waals surface area contributed by atoms with Gasteiger partial charge in [-0.15, -0.1) is 0 Å². The molecule has 99 valence electrons. The van der Waals surface area contributed by atoms with Crippen LogP contribution in [0.2, 0.25) is 0 Å². The molecule has 3 radical (unpaired) electrons. The Kier molecular flexibility index (Phi) is 32.6. The first kappa shape index (κ1) is 29.2. The summed E-state index contributed by atoms with van der Waals surface area (Å²) in [6.07, 6.45) is 0. The van der Waals surface area contributed by atoms with Gasteiger partial charge in [0.1, 0.15) is 6.61 Å². The average molecular weight is 525 g/mol. The second-order valence-corrected chi connectivity index (χ2v) is 5.14. The van der Waals surface area contributed by atoms with Crippen LogP contribution in [-0.2, 0) is 121 Å². The van der Waals surface area contributed by atoms with Crippen molar-refractivity contribution in [2.24, 2.45) is 0 Å². The minimum atomic E-state index is -2.08. The summed E-state index contributed by atoms with van der Waals surface area (Å²) >= 11 is 0. The van der Waals surface area contributed by atoms with Gasteiger partial charge in [0, 0.05) is 118 Å². The minimum Gasteiger partial charge on any atom is -0.329 e. The number of rotatable bonds is 8. The summed E-state index contributed by atoms with van der Waals surface area (Å²) in [6, 6.07) is 0. The van der Waals surface area contributed by atoms with Gasteiger partial charge >= 0.3 is 0 Å². The van der Waals surface area contributed by atoms with Gasteiger partial charge in [0.15, 0.2) is 16.1 Å². The van der Waals surface area contributed by atoms with Crippen molar-refractivity contribution in [1.29, 1.82) is 0 Å². The van der Waals surface area contributed by atoms with Crippen LogP contribution in [-0.4, -0.2) is 39.0 Å². The van der Waals surface area contributed by atoms with E-state index in [-0.39, 0.29) is 111 Å². The van der Waals surface area contributed by atoms with E-state index in [1.165, 1.54) is 13.3 Å². The molecule has 0 aliphatic carbocycles. The van der Waals surface area contributed by atoms with E-state index in [9.17, 15) is 13.9 Å². The van der Waals surface area contributed by atoms with Gasteiger partial charge < -0.3 is 9.05 Å². The van der Waals surface area contributed by atoms with Crippen molar-refractivity contribution >= 4 is 22.0 Å². The molecule has 0 fully saturated rings. The van der Waals surface area contributed by atoms with Gasteiger partial charge in [0.05, 0.1) is 6.61 Å². The average Bonchev–Trinajstić information content (AvgIpc) is 2.13. The molecule has 0 rings (SSSR count). The molecule has 0 saturated heterocycles. The zero-order valence-corrected chi connectivity index (χ0v) is 20.9. The fourth-order valence-corrected chi connectivity index (χ4v) is 1.33. The number of nitrogens with one attached hydrogen (secondary N) is 2. The summed E-state index contributed by atoms with van der Waals surface area (Å²) in [5, 5.41) is 0. The summed E-state index contributed by atoms with van der Waals surface area (Å²) in [5.41, 5.74) is 4.85. The Morgan fingerprint density at radius 3 is 2.00 bits per heavy atom. The third-order valence-electron chi connectivity index (χ3n) is 1.17. The fourth-order valence-electron chi connectivity index (χ4n) is 0.610. The maximum Gasteiger partial charge on any atom is 0.260 e. The van der Waals surface area contributed by atoms with Gasteiger partial charge in [0.2, 0.25) is 0 Å². The van der Waals surface area contributed by atoms with Crippen molar-refractivity contribution in [3.05, 3.63) is 0 Å². The predicted octanol–water partition coefficient (Wildman–Crippen LogP) is -0.158. The molecule has 18 heavy (non-hydrogen) atoms. The summed E-state index contributed by atoms with van der Waals surface area (Å²) in [7, 11) is -4.00. The number of amides is 1. The van der Waals surface area contributed by atoms with Crippen LogP contribution in [0, 0.1) is 0 Å². The smallest absolute Gasteiger partial charge is 0.260 e. The fraction of sp³-hybridized carbons (Fsp3) is 0.833. The van der Waals surface area contributed by atoms with Gasteiger partial charge in [-0.05, 0) is 0 Å². The number of hydrazine groups is 1. The molecule has 0 saturated carbocycles. The van der Waals surface area contributed by atoms with Crippen LogP contribution in [0.3, 0.4) is 0 Å². The second-order valence-electron chi connectivity index (χ2n) is 2.60. The minimum absolute atomic E-state index is 0. The van der Waals surface area contributed by atoms with Crippen molar-refractivity contribution in [3.63, 3.8) is 0 Å². The summed E-state index contributed by atoms with van der Waals surface area (Å²) in [6.45, 7) is 3.23. The third-order valence-corrected chi connectivity index (χ3v) is 2.33. The van der Waals surface area contributed by atoms with Gasteiger partial charge in [-0.2, -0.15) is 0 Å². The molecule has 0 heterocycles. The topological polar surface area (TPSA) is 93.7 Å². The van der Waals surface area contributed by atoms with Gasteiger partial charge in [0.25, 0.3) is 5.91 Å². The molecule has 2 unspecified atom stereocenters. The Bertz CT molecular complexity index is 259. The number of carbonyl (C=O) groups excluding carboxylic acids is 1. The molecule has 0 aromatic rings. The van der Waals surface area contributed by atoms with E-state index in [0.29, 0.717) is 6.54 Å². The Morgan fingerprint density at radius 1 is 1.06 bits per heavy atom. The second kappa shape index (κ2) is 20.1.